The Morgan fingerprint density at radius 3 is 2.77 bits per heavy atom. The van der Waals surface area contributed by atoms with Crippen molar-refractivity contribution < 1.29 is 28.7 Å². The van der Waals surface area contributed by atoms with Gasteiger partial charge in [-0.1, -0.05) is 18.2 Å². The second-order valence-corrected chi connectivity index (χ2v) is 7.75. The van der Waals surface area contributed by atoms with Crippen molar-refractivity contribution in [2.45, 2.75) is 26.0 Å². The largest absolute Gasteiger partial charge is 0.478 e. The number of fused-ring (bicyclic) bond motifs is 1. The highest BCUT2D eigenvalue weighted by Crippen LogP contribution is 2.29. The van der Waals surface area contributed by atoms with Gasteiger partial charge in [-0.25, -0.2) is 0 Å². The third-order valence-electron chi connectivity index (χ3n) is 4.52. The average molecular weight is 445 g/mol. The molecule has 10 heteroatoms. The standard InChI is InChI=1S/C21H23N3O6S/c1-2-24(12-18(25)22-11-14-6-5-9-31-14)19(26)13-29-20(27)10-17-21(28)23-15-7-3-4-8-16(15)30-17/h3-9,17H,2,10-13H2,1H3,(H,22,25)(H,23,28). The molecular formula is C21H23N3O6S. The van der Waals surface area contributed by atoms with Gasteiger partial charge in [0.2, 0.25) is 5.91 Å². The summed E-state index contributed by atoms with van der Waals surface area (Å²) in [6.45, 7) is 1.75. The number of rotatable bonds is 9. The van der Waals surface area contributed by atoms with Crippen molar-refractivity contribution in [2.24, 2.45) is 0 Å². The lowest BCUT2D eigenvalue weighted by atomic mass is 10.1. The number of nitrogens with zero attached hydrogens (tertiary/aromatic N) is 1. The molecule has 1 atom stereocenters. The van der Waals surface area contributed by atoms with Crippen LogP contribution in [0.25, 0.3) is 0 Å². The summed E-state index contributed by atoms with van der Waals surface area (Å²) in [5, 5.41) is 7.32. The van der Waals surface area contributed by atoms with E-state index in [2.05, 4.69) is 10.6 Å². The van der Waals surface area contributed by atoms with Crippen molar-refractivity contribution >= 4 is 40.7 Å². The molecule has 2 N–H and O–H groups in total. The Hall–Kier alpha value is -3.40. The van der Waals surface area contributed by atoms with Crippen LogP contribution in [0.2, 0.25) is 0 Å². The Morgan fingerprint density at radius 1 is 1.23 bits per heavy atom. The van der Waals surface area contributed by atoms with Crippen LogP contribution >= 0.6 is 11.3 Å². The van der Waals surface area contributed by atoms with E-state index in [1.165, 1.54) is 16.2 Å². The number of carbonyl (C=O) groups is 4. The van der Waals surface area contributed by atoms with Crippen LogP contribution in [0.4, 0.5) is 5.69 Å². The van der Waals surface area contributed by atoms with Crippen LogP contribution in [0, 0.1) is 0 Å². The van der Waals surface area contributed by atoms with Gasteiger partial charge in [0.15, 0.2) is 12.7 Å². The molecule has 9 nitrogen and oxygen atoms in total. The molecule has 0 radical (unpaired) electrons. The zero-order chi connectivity index (χ0) is 22.2. The van der Waals surface area contributed by atoms with Crippen LogP contribution < -0.4 is 15.4 Å². The van der Waals surface area contributed by atoms with E-state index in [9.17, 15) is 19.2 Å². The molecule has 164 valence electrons. The van der Waals surface area contributed by atoms with Crippen molar-refractivity contribution in [3.63, 3.8) is 0 Å². The van der Waals surface area contributed by atoms with Crippen LogP contribution in [0.1, 0.15) is 18.2 Å². The summed E-state index contributed by atoms with van der Waals surface area (Å²) in [7, 11) is 0. The van der Waals surface area contributed by atoms with E-state index >= 15 is 0 Å². The Balaban J connectivity index is 1.42. The summed E-state index contributed by atoms with van der Waals surface area (Å²) in [6.07, 6.45) is -1.37. The van der Waals surface area contributed by atoms with Crippen molar-refractivity contribution in [3.8, 4) is 5.75 Å². The van der Waals surface area contributed by atoms with E-state index in [0.717, 1.165) is 4.88 Å². The van der Waals surface area contributed by atoms with Crippen LogP contribution in [0.5, 0.6) is 5.75 Å². The lowest BCUT2D eigenvalue weighted by Crippen LogP contribution is -2.42. The molecular weight excluding hydrogens is 422 g/mol. The molecule has 0 saturated carbocycles. The highest BCUT2D eigenvalue weighted by molar-refractivity contribution is 7.09. The summed E-state index contributed by atoms with van der Waals surface area (Å²) in [6, 6.07) is 10.7. The van der Waals surface area contributed by atoms with Gasteiger partial charge in [0.25, 0.3) is 11.8 Å². The number of para-hydroxylation sites is 2. The Bertz CT molecular complexity index is 946. The minimum Gasteiger partial charge on any atom is -0.478 e. The lowest BCUT2D eigenvalue weighted by molar-refractivity contribution is -0.154. The maximum atomic E-state index is 12.3. The molecule has 0 spiro atoms. The third kappa shape index (κ3) is 6.29. The van der Waals surface area contributed by atoms with E-state index in [0.29, 0.717) is 18.0 Å². The highest BCUT2D eigenvalue weighted by atomic mass is 32.1. The van der Waals surface area contributed by atoms with Gasteiger partial charge in [0.05, 0.1) is 25.2 Å². The maximum absolute atomic E-state index is 12.3. The molecule has 2 aromatic rings. The van der Waals surface area contributed by atoms with Crippen LogP contribution in [0.15, 0.2) is 41.8 Å². The van der Waals surface area contributed by atoms with Crippen molar-refractivity contribution in [1.29, 1.82) is 0 Å². The molecule has 1 aliphatic heterocycles. The first-order chi connectivity index (χ1) is 15.0. The molecule has 0 aliphatic carbocycles. The number of hydrogen-bond acceptors (Lipinski definition) is 7. The Kier molecular flexibility index (Phi) is 7.60. The molecule has 1 aliphatic rings. The van der Waals surface area contributed by atoms with E-state index in [4.69, 9.17) is 9.47 Å². The first-order valence-corrected chi connectivity index (χ1v) is 10.6. The number of carbonyl (C=O) groups excluding carboxylic acids is 4. The van der Waals surface area contributed by atoms with E-state index in [1.807, 2.05) is 17.5 Å². The molecule has 3 amide bonds. The second-order valence-electron chi connectivity index (χ2n) is 6.72. The van der Waals surface area contributed by atoms with Crippen LogP contribution in [0.3, 0.4) is 0 Å². The van der Waals surface area contributed by atoms with Crippen molar-refractivity contribution in [3.05, 3.63) is 46.7 Å². The fourth-order valence-corrected chi connectivity index (χ4v) is 3.52. The number of anilines is 1. The Morgan fingerprint density at radius 2 is 2.03 bits per heavy atom. The molecule has 1 aromatic carbocycles. The Labute approximate surface area is 183 Å². The smallest absolute Gasteiger partial charge is 0.310 e. The summed E-state index contributed by atoms with van der Waals surface area (Å²) in [5.74, 6) is -1.55. The first kappa shape index (κ1) is 22.3. The topological polar surface area (TPSA) is 114 Å². The van der Waals surface area contributed by atoms with Gasteiger partial charge >= 0.3 is 5.97 Å². The fourth-order valence-electron chi connectivity index (χ4n) is 2.88. The lowest BCUT2D eigenvalue weighted by Gasteiger charge is -2.25. The summed E-state index contributed by atoms with van der Waals surface area (Å²) in [5.41, 5.74) is 0.531. The van der Waals surface area contributed by atoms with Gasteiger partial charge in [-0.05, 0) is 30.5 Å². The minimum absolute atomic E-state index is 0.136. The molecule has 31 heavy (non-hydrogen) atoms. The van der Waals surface area contributed by atoms with Crippen LogP contribution in [-0.2, 0) is 30.5 Å². The van der Waals surface area contributed by atoms with Gasteiger partial charge in [-0.2, -0.15) is 0 Å². The predicted molar refractivity (Wildman–Crippen MR) is 113 cm³/mol. The molecule has 0 fully saturated rings. The second kappa shape index (κ2) is 10.6. The maximum Gasteiger partial charge on any atom is 0.310 e. The number of likely N-dealkylation sites (N-methyl/N-ethyl adjacent to an activating group) is 1. The quantitative estimate of drug-likeness (QED) is 0.566. The number of esters is 1. The van der Waals surface area contributed by atoms with Gasteiger partial charge in [-0.15, -0.1) is 11.3 Å². The number of ether oxygens (including phenoxy) is 2. The molecule has 1 unspecified atom stereocenters. The van der Waals surface area contributed by atoms with Crippen LogP contribution in [-0.4, -0.2) is 54.4 Å². The molecule has 0 bridgehead atoms. The van der Waals surface area contributed by atoms with Gasteiger partial charge in [0.1, 0.15) is 5.75 Å². The van der Waals surface area contributed by atoms with Crippen molar-refractivity contribution in [1.82, 2.24) is 10.2 Å². The number of thiophene rings is 1. The van der Waals surface area contributed by atoms with E-state index < -0.39 is 30.5 Å². The van der Waals surface area contributed by atoms with Gasteiger partial charge in [0, 0.05) is 11.4 Å². The zero-order valence-electron chi connectivity index (χ0n) is 17.0. The highest BCUT2D eigenvalue weighted by Gasteiger charge is 2.30. The van der Waals surface area contributed by atoms with Gasteiger partial charge < -0.3 is 25.0 Å². The normalized spacial score (nSPS) is 14.6. The predicted octanol–water partition coefficient (Wildman–Crippen LogP) is 1.55. The average Bonchev–Trinajstić information content (AvgIpc) is 3.28. The van der Waals surface area contributed by atoms with Crippen molar-refractivity contribution in [2.75, 3.05) is 25.0 Å². The SMILES string of the molecule is CCN(CC(=O)NCc1cccs1)C(=O)COC(=O)CC1Oc2ccccc2NC1=O. The first-order valence-electron chi connectivity index (χ1n) is 9.75. The number of nitrogens with one attached hydrogen (secondary N) is 2. The fraction of sp³-hybridized carbons (Fsp3) is 0.333. The third-order valence-corrected chi connectivity index (χ3v) is 5.40. The molecule has 1 aromatic heterocycles. The monoisotopic (exact) mass is 445 g/mol. The molecule has 3 rings (SSSR count). The van der Waals surface area contributed by atoms with Gasteiger partial charge in [-0.3, -0.25) is 19.2 Å². The zero-order valence-corrected chi connectivity index (χ0v) is 17.8. The summed E-state index contributed by atoms with van der Waals surface area (Å²) >= 11 is 1.53. The molecule has 0 saturated heterocycles. The summed E-state index contributed by atoms with van der Waals surface area (Å²) < 4.78 is 10.5. The number of hydrogen-bond donors (Lipinski definition) is 2. The summed E-state index contributed by atoms with van der Waals surface area (Å²) in [4.78, 5) is 50.9. The number of benzene rings is 1. The number of amides is 3. The minimum atomic E-state index is -1.04. The van der Waals surface area contributed by atoms with E-state index in [1.54, 1.807) is 31.2 Å². The van der Waals surface area contributed by atoms with E-state index in [-0.39, 0.29) is 25.4 Å². The molecule has 2 heterocycles.